The van der Waals surface area contributed by atoms with Gasteiger partial charge in [0.15, 0.2) is 11.6 Å². The molecule has 1 aromatic heterocycles. The van der Waals surface area contributed by atoms with Crippen molar-refractivity contribution in [3.05, 3.63) is 17.8 Å². The zero-order valence-corrected chi connectivity index (χ0v) is 9.69. The molecule has 0 spiro atoms. The predicted molar refractivity (Wildman–Crippen MR) is 61.0 cm³/mol. The third-order valence-electron chi connectivity index (χ3n) is 2.51. The molecule has 3 amide bonds. The van der Waals surface area contributed by atoms with E-state index in [1.165, 1.54) is 12.0 Å². The second kappa shape index (κ2) is 4.40. The number of nitrogens with one attached hydrogen (secondary N) is 1. The minimum atomic E-state index is -0.461. The average Bonchev–Trinajstić information content (AvgIpc) is 2.29. The molecule has 90 valence electrons. The number of rotatable bonds is 2. The molecule has 0 aliphatic carbocycles. The molecular formula is C11H13N3O3. The standard InChI is InChI=1S/C11H13N3O3/c1-7-3-4-8(17-2)10(12-7)14-6-5-9(15)13-11(14)16/h3-4H,5-6H2,1-2H3,(H,13,15,16). The van der Waals surface area contributed by atoms with Crippen LogP contribution in [-0.2, 0) is 4.79 Å². The van der Waals surface area contributed by atoms with E-state index in [-0.39, 0.29) is 12.3 Å². The van der Waals surface area contributed by atoms with E-state index in [2.05, 4.69) is 10.3 Å². The van der Waals surface area contributed by atoms with Gasteiger partial charge in [0.1, 0.15) is 0 Å². The van der Waals surface area contributed by atoms with Crippen LogP contribution < -0.4 is 15.0 Å². The molecule has 2 heterocycles. The van der Waals surface area contributed by atoms with Crippen molar-refractivity contribution in [2.75, 3.05) is 18.6 Å². The number of carbonyl (C=O) groups is 2. The van der Waals surface area contributed by atoms with E-state index in [9.17, 15) is 9.59 Å². The Morgan fingerprint density at radius 2 is 2.18 bits per heavy atom. The summed E-state index contributed by atoms with van der Waals surface area (Å²) in [6.07, 6.45) is 0.268. The molecule has 6 nitrogen and oxygen atoms in total. The summed E-state index contributed by atoms with van der Waals surface area (Å²) in [5.74, 6) is 0.690. The second-order valence-electron chi connectivity index (χ2n) is 3.73. The first-order chi connectivity index (χ1) is 8.11. The number of nitrogens with zero attached hydrogens (tertiary/aromatic N) is 2. The van der Waals surface area contributed by atoms with Crippen LogP contribution in [0.3, 0.4) is 0 Å². The molecule has 0 unspecified atom stereocenters. The number of aryl methyl sites for hydroxylation is 1. The van der Waals surface area contributed by atoms with Gasteiger partial charge in [-0.1, -0.05) is 0 Å². The van der Waals surface area contributed by atoms with Crippen molar-refractivity contribution < 1.29 is 14.3 Å². The molecule has 1 fully saturated rings. The Balaban J connectivity index is 2.35. The summed E-state index contributed by atoms with van der Waals surface area (Å²) in [5.41, 5.74) is 0.783. The normalized spacial score (nSPS) is 15.8. The van der Waals surface area contributed by atoms with Crippen molar-refractivity contribution in [1.82, 2.24) is 10.3 Å². The predicted octanol–water partition coefficient (Wildman–Crippen LogP) is 0.845. The fraction of sp³-hybridized carbons (Fsp3) is 0.364. The first-order valence-corrected chi connectivity index (χ1v) is 5.25. The molecule has 17 heavy (non-hydrogen) atoms. The number of ether oxygens (including phenoxy) is 1. The number of methoxy groups -OCH3 is 1. The highest BCUT2D eigenvalue weighted by Crippen LogP contribution is 2.27. The van der Waals surface area contributed by atoms with E-state index in [1.807, 2.05) is 6.92 Å². The van der Waals surface area contributed by atoms with Gasteiger partial charge < -0.3 is 4.74 Å². The van der Waals surface area contributed by atoms with Crippen LogP contribution >= 0.6 is 0 Å². The molecule has 0 radical (unpaired) electrons. The fourth-order valence-corrected chi connectivity index (χ4v) is 1.65. The number of pyridine rings is 1. The molecule has 1 aromatic rings. The largest absolute Gasteiger partial charge is 0.493 e. The molecule has 0 atom stereocenters. The van der Waals surface area contributed by atoms with Crippen molar-refractivity contribution in [3.63, 3.8) is 0 Å². The maximum atomic E-state index is 11.7. The van der Waals surface area contributed by atoms with Gasteiger partial charge in [-0.25, -0.2) is 9.78 Å². The lowest BCUT2D eigenvalue weighted by Gasteiger charge is -2.26. The number of hydrogen-bond donors (Lipinski definition) is 1. The van der Waals surface area contributed by atoms with E-state index in [1.54, 1.807) is 12.1 Å². The molecule has 1 aliphatic heterocycles. The summed E-state index contributed by atoms with van der Waals surface area (Å²) in [6, 6.07) is 3.09. The Morgan fingerprint density at radius 3 is 2.82 bits per heavy atom. The molecule has 1 N–H and O–H groups in total. The lowest BCUT2D eigenvalue weighted by Crippen LogP contribution is -2.50. The van der Waals surface area contributed by atoms with Gasteiger partial charge in [-0.05, 0) is 19.1 Å². The third kappa shape index (κ3) is 2.20. The maximum absolute atomic E-state index is 11.7. The van der Waals surface area contributed by atoms with Crippen molar-refractivity contribution >= 4 is 17.8 Å². The molecule has 0 bridgehead atoms. The maximum Gasteiger partial charge on any atom is 0.329 e. The fourth-order valence-electron chi connectivity index (χ4n) is 1.65. The van der Waals surface area contributed by atoms with Crippen LogP contribution in [0.15, 0.2) is 12.1 Å². The number of imide groups is 1. The third-order valence-corrected chi connectivity index (χ3v) is 2.51. The molecule has 0 saturated carbocycles. The molecule has 2 rings (SSSR count). The highest BCUT2D eigenvalue weighted by atomic mass is 16.5. The van der Waals surface area contributed by atoms with Crippen molar-refractivity contribution in [1.29, 1.82) is 0 Å². The molecule has 1 saturated heterocycles. The Kier molecular flexibility index (Phi) is 2.95. The first-order valence-electron chi connectivity index (χ1n) is 5.25. The quantitative estimate of drug-likeness (QED) is 0.824. The first kappa shape index (κ1) is 11.4. The summed E-state index contributed by atoms with van der Waals surface area (Å²) in [6.45, 7) is 2.15. The summed E-state index contributed by atoms with van der Waals surface area (Å²) < 4.78 is 5.16. The van der Waals surface area contributed by atoms with E-state index in [4.69, 9.17) is 4.74 Å². The van der Waals surface area contributed by atoms with Gasteiger partial charge >= 0.3 is 6.03 Å². The Bertz CT molecular complexity index is 473. The Hall–Kier alpha value is -2.11. The van der Waals surface area contributed by atoms with Gasteiger partial charge in [-0.3, -0.25) is 15.0 Å². The lowest BCUT2D eigenvalue weighted by atomic mass is 10.2. The molecular weight excluding hydrogens is 222 g/mol. The molecule has 1 aliphatic rings. The zero-order chi connectivity index (χ0) is 12.4. The topological polar surface area (TPSA) is 71.5 Å². The monoisotopic (exact) mass is 235 g/mol. The van der Waals surface area contributed by atoms with E-state index in [0.717, 1.165) is 5.69 Å². The molecule has 6 heteroatoms. The smallest absolute Gasteiger partial charge is 0.329 e. The van der Waals surface area contributed by atoms with Crippen molar-refractivity contribution in [2.24, 2.45) is 0 Å². The van der Waals surface area contributed by atoms with E-state index >= 15 is 0 Å². The zero-order valence-electron chi connectivity index (χ0n) is 9.69. The van der Waals surface area contributed by atoms with Gasteiger partial charge in [0.05, 0.1) is 7.11 Å². The van der Waals surface area contributed by atoms with Gasteiger partial charge in [0.25, 0.3) is 0 Å². The number of amides is 3. The SMILES string of the molecule is COc1ccc(C)nc1N1CCC(=O)NC1=O. The van der Waals surface area contributed by atoms with Crippen LogP contribution in [0.1, 0.15) is 12.1 Å². The van der Waals surface area contributed by atoms with Crippen LogP contribution in [-0.4, -0.2) is 30.6 Å². The van der Waals surface area contributed by atoms with Gasteiger partial charge in [-0.2, -0.15) is 0 Å². The van der Waals surface area contributed by atoms with Crippen LogP contribution in [0.2, 0.25) is 0 Å². The molecule has 0 aromatic carbocycles. The Morgan fingerprint density at radius 1 is 1.41 bits per heavy atom. The van der Waals surface area contributed by atoms with Crippen molar-refractivity contribution in [2.45, 2.75) is 13.3 Å². The van der Waals surface area contributed by atoms with Crippen molar-refractivity contribution in [3.8, 4) is 5.75 Å². The number of hydrogen-bond acceptors (Lipinski definition) is 4. The van der Waals surface area contributed by atoms with Crippen LogP contribution in [0.4, 0.5) is 10.6 Å². The average molecular weight is 235 g/mol. The van der Waals surface area contributed by atoms with Crippen LogP contribution in [0, 0.1) is 6.92 Å². The van der Waals surface area contributed by atoms with Gasteiger partial charge in [0, 0.05) is 18.7 Å². The van der Waals surface area contributed by atoms with Crippen LogP contribution in [0.5, 0.6) is 5.75 Å². The van der Waals surface area contributed by atoms with Gasteiger partial charge in [-0.15, -0.1) is 0 Å². The Labute approximate surface area is 98.6 Å². The lowest BCUT2D eigenvalue weighted by molar-refractivity contribution is -0.120. The summed E-state index contributed by atoms with van der Waals surface area (Å²) >= 11 is 0. The highest BCUT2D eigenvalue weighted by Gasteiger charge is 2.27. The minimum Gasteiger partial charge on any atom is -0.493 e. The number of urea groups is 1. The van der Waals surface area contributed by atoms with Gasteiger partial charge in [0.2, 0.25) is 5.91 Å². The minimum absolute atomic E-state index is 0.266. The van der Waals surface area contributed by atoms with Crippen LogP contribution in [0.25, 0.3) is 0 Å². The van der Waals surface area contributed by atoms with E-state index in [0.29, 0.717) is 18.1 Å². The van der Waals surface area contributed by atoms with E-state index < -0.39 is 6.03 Å². The number of anilines is 1. The number of carbonyl (C=O) groups excluding carboxylic acids is 2. The highest BCUT2D eigenvalue weighted by molar-refractivity contribution is 6.05. The number of aromatic nitrogens is 1. The summed E-state index contributed by atoms with van der Waals surface area (Å²) in [5, 5.41) is 2.25. The second-order valence-corrected chi connectivity index (χ2v) is 3.73. The summed E-state index contributed by atoms with van der Waals surface area (Å²) in [4.78, 5) is 28.4. The summed E-state index contributed by atoms with van der Waals surface area (Å²) in [7, 11) is 1.52.